The molecule has 0 radical (unpaired) electrons. The Labute approximate surface area is 147 Å². The summed E-state index contributed by atoms with van der Waals surface area (Å²) >= 11 is 4.13. The van der Waals surface area contributed by atoms with E-state index in [9.17, 15) is 5.11 Å². The number of methoxy groups -OCH3 is 1. The van der Waals surface area contributed by atoms with Crippen LogP contribution in [0.4, 0.5) is 0 Å². The van der Waals surface area contributed by atoms with Gasteiger partial charge in [-0.05, 0) is 17.7 Å². The van der Waals surface area contributed by atoms with Gasteiger partial charge in [-0.3, -0.25) is 0 Å². The van der Waals surface area contributed by atoms with Crippen molar-refractivity contribution in [3.05, 3.63) is 29.8 Å². The Balaban J connectivity index is 0. The molecule has 0 aliphatic rings. The smallest absolute Gasteiger partial charge is 0.850 e. The largest absolute Gasteiger partial charge is 1.00 e. The molecule has 0 amide bonds. The number of hydrogen-bond acceptors (Lipinski definition) is 3. The van der Waals surface area contributed by atoms with Gasteiger partial charge >= 0.3 is 51.4 Å². The van der Waals surface area contributed by atoms with Crippen LogP contribution in [0.3, 0.4) is 0 Å². The molecule has 0 atom stereocenters. The quantitative estimate of drug-likeness (QED) is 0.566. The summed E-state index contributed by atoms with van der Waals surface area (Å²) in [7, 11) is 1.66. The van der Waals surface area contributed by atoms with Crippen LogP contribution >= 0.6 is 12.6 Å². The first-order valence-corrected chi connectivity index (χ1v) is 5.44. The summed E-state index contributed by atoms with van der Waals surface area (Å²) in [6, 6.07) is 7.88. The molecule has 0 aliphatic carbocycles. The number of thiol groups is 1. The van der Waals surface area contributed by atoms with Crippen LogP contribution in [0.25, 0.3) is 0 Å². The summed E-state index contributed by atoms with van der Waals surface area (Å²) in [6.07, 6.45) is 0. The number of hydrogen-bond donors (Lipinski definition) is 1. The summed E-state index contributed by atoms with van der Waals surface area (Å²) in [5.41, 5.74) is 0.462. The van der Waals surface area contributed by atoms with Gasteiger partial charge < -0.3 is 9.84 Å². The van der Waals surface area contributed by atoms with Gasteiger partial charge in [0.15, 0.2) is 0 Å². The van der Waals surface area contributed by atoms with Crippen molar-refractivity contribution in [2.45, 2.75) is 32.1 Å². The molecule has 0 aliphatic heterocycles. The topological polar surface area (TPSA) is 32.3 Å². The van der Waals surface area contributed by atoms with Gasteiger partial charge in [0.1, 0.15) is 5.75 Å². The number of benzene rings is 1. The molecule has 1 rings (SSSR count). The minimum Gasteiger partial charge on any atom is -0.850 e. The van der Waals surface area contributed by atoms with Crippen LogP contribution in [0.2, 0.25) is 0 Å². The van der Waals surface area contributed by atoms with E-state index in [2.05, 4.69) is 12.6 Å². The summed E-state index contributed by atoms with van der Waals surface area (Å²) in [6.45, 7) is 4.90. The normalized spacial score (nSPS) is 9.62. The fourth-order valence-corrected chi connectivity index (χ4v) is 0.942. The molecule has 1 aromatic carbocycles. The van der Waals surface area contributed by atoms with Crippen LogP contribution in [0, 0.1) is 0 Å². The molecule has 0 saturated carbocycles. The van der Waals surface area contributed by atoms with Crippen molar-refractivity contribution >= 4 is 12.6 Å². The molecular formula is C12H19KO2S. The maximum atomic E-state index is 10.1. The van der Waals surface area contributed by atoms with E-state index in [4.69, 9.17) is 4.74 Å². The number of rotatable bonds is 2. The van der Waals surface area contributed by atoms with E-state index in [1.54, 1.807) is 27.9 Å². The van der Waals surface area contributed by atoms with Crippen LogP contribution in [0.1, 0.15) is 26.3 Å². The molecule has 1 aromatic rings. The van der Waals surface area contributed by atoms with Gasteiger partial charge in [-0.15, -0.1) is 5.60 Å². The SMILES string of the molecule is CC(C)(C)[O-].COc1ccc(CS)cc1.[K+]. The maximum absolute atomic E-state index is 10.1. The molecule has 2 nitrogen and oxygen atoms in total. The fraction of sp³-hybridized carbons (Fsp3) is 0.500. The Morgan fingerprint density at radius 3 is 1.81 bits per heavy atom. The van der Waals surface area contributed by atoms with Gasteiger partial charge in [0.05, 0.1) is 7.11 Å². The monoisotopic (exact) mass is 266 g/mol. The standard InChI is InChI=1S/C8H10OS.C4H9O.K/c1-9-8-4-2-7(6-10)3-5-8;1-4(2,3)5;/h2-5,10H,6H2,1H3;1-3H3;/q;-1;+1. The van der Waals surface area contributed by atoms with Crippen LogP contribution in [-0.2, 0) is 5.75 Å². The molecule has 0 unspecified atom stereocenters. The average molecular weight is 266 g/mol. The summed E-state index contributed by atoms with van der Waals surface area (Å²) < 4.78 is 4.99. The zero-order valence-corrected chi connectivity index (χ0v) is 14.8. The molecule has 0 fully saturated rings. The van der Waals surface area contributed by atoms with Gasteiger partial charge in [-0.25, -0.2) is 0 Å². The molecular weight excluding hydrogens is 247 g/mol. The van der Waals surface area contributed by atoms with Gasteiger partial charge in [-0.1, -0.05) is 32.9 Å². The van der Waals surface area contributed by atoms with Crippen molar-refractivity contribution in [2.75, 3.05) is 7.11 Å². The van der Waals surface area contributed by atoms with Crippen molar-refractivity contribution in [2.24, 2.45) is 0 Å². The Kier molecular flexibility index (Phi) is 12.0. The summed E-state index contributed by atoms with van der Waals surface area (Å²) in [5, 5.41) is 10.1. The van der Waals surface area contributed by atoms with E-state index < -0.39 is 5.60 Å². The fourth-order valence-electron chi connectivity index (χ4n) is 0.731. The van der Waals surface area contributed by atoms with Crippen molar-refractivity contribution < 1.29 is 61.2 Å². The minimum absolute atomic E-state index is 0. The molecule has 16 heavy (non-hydrogen) atoms. The predicted octanol–water partition coefficient (Wildman–Crippen LogP) is -0.726. The second-order valence-corrected chi connectivity index (χ2v) is 4.43. The average Bonchev–Trinajstić information content (AvgIpc) is 2.15. The zero-order valence-electron chi connectivity index (χ0n) is 10.8. The maximum Gasteiger partial charge on any atom is 1.00 e. The van der Waals surface area contributed by atoms with Crippen LogP contribution in [0.15, 0.2) is 24.3 Å². The molecule has 0 saturated heterocycles. The van der Waals surface area contributed by atoms with Crippen LogP contribution in [-0.4, -0.2) is 12.7 Å². The third kappa shape index (κ3) is 13.0. The molecule has 86 valence electrons. The van der Waals surface area contributed by atoms with E-state index in [0.717, 1.165) is 11.5 Å². The van der Waals surface area contributed by atoms with Gasteiger partial charge in [0.25, 0.3) is 0 Å². The third-order valence-corrected chi connectivity index (χ3v) is 1.71. The first-order valence-electron chi connectivity index (χ1n) is 4.81. The van der Waals surface area contributed by atoms with Crippen molar-refractivity contribution in [1.29, 1.82) is 0 Å². The molecule has 0 N–H and O–H groups in total. The molecule has 0 heterocycles. The zero-order chi connectivity index (χ0) is 11.9. The second kappa shape index (κ2) is 9.94. The Morgan fingerprint density at radius 1 is 1.19 bits per heavy atom. The van der Waals surface area contributed by atoms with Crippen LogP contribution in [0.5, 0.6) is 5.75 Å². The third-order valence-electron chi connectivity index (χ3n) is 1.34. The predicted molar refractivity (Wildman–Crippen MR) is 65.4 cm³/mol. The Hall–Kier alpha value is 0.966. The first-order chi connectivity index (χ1) is 6.86. The van der Waals surface area contributed by atoms with Gasteiger partial charge in [-0.2, -0.15) is 12.6 Å². The van der Waals surface area contributed by atoms with E-state index in [1.807, 2.05) is 24.3 Å². The second-order valence-electron chi connectivity index (χ2n) is 4.12. The number of ether oxygens (including phenoxy) is 1. The van der Waals surface area contributed by atoms with E-state index in [1.165, 1.54) is 5.56 Å². The van der Waals surface area contributed by atoms with Gasteiger partial charge in [0.2, 0.25) is 0 Å². The van der Waals surface area contributed by atoms with E-state index in [-0.39, 0.29) is 51.4 Å². The minimum atomic E-state index is -0.750. The molecule has 0 bridgehead atoms. The summed E-state index contributed by atoms with van der Waals surface area (Å²) in [4.78, 5) is 0. The molecule has 4 heteroatoms. The van der Waals surface area contributed by atoms with Crippen molar-refractivity contribution in [1.82, 2.24) is 0 Å². The van der Waals surface area contributed by atoms with Crippen LogP contribution < -0.4 is 61.2 Å². The van der Waals surface area contributed by atoms with E-state index >= 15 is 0 Å². The first kappa shape index (κ1) is 19.3. The Morgan fingerprint density at radius 2 is 1.56 bits per heavy atom. The van der Waals surface area contributed by atoms with Crippen molar-refractivity contribution in [3.63, 3.8) is 0 Å². The Bertz CT molecular complexity index is 238. The van der Waals surface area contributed by atoms with E-state index in [0.29, 0.717) is 0 Å². The molecule has 0 spiro atoms. The van der Waals surface area contributed by atoms with Crippen molar-refractivity contribution in [3.8, 4) is 5.75 Å². The molecule has 0 aromatic heterocycles. The van der Waals surface area contributed by atoms with Gasteiger partial charge in [0, 0.05) is 5.75 Å². The summed E-state index contributed by atoms with van der Waals surface area (Å²) in [5.74, 6) is 1.68.